The van der Waals surface area contributed by atoms with Crippen molar-refractivity contribution in [2.75, 3.05) is 25.0 Å². The Hall–Kier alpha value is -1.13. The van der Waals surface area contributed by atoms with E-state index in [9.17, 15) is 5.11 Å². The van der Waals surface area contributed by atoms with Gasteiger partial charge in [0.15, 0.2) is 0 Å². The van der Waals surface area contributed by atoms with Crippen molar-refractivity contribution in [1.82, 2.24) is 10.3 Å². The van der Waals surface area contributed by atoms with Crippen LogP contribution in [0.5, 0.6) is 0 Å². The lowest BCUT2D eigenvalue weighted by atomic mass is 9.93. The Bertz CT molecular complexity index is 388. The highest BCUT2D eigenvalue weighted by atomic mass is 16.3. The third kappa shape index (κ3) is 3.45. The van der Waals surface area contributed by atoms with Gasteiger partial charge in [-0.25, -0.2) is 0 Å². The molecule has 4 heteroatoms. The summed E-state index contributed by atoms with van der Waals surface area (Å²) in [6.45, 7) is 5.88. The van der Waals surface area contributed by atoms with Crippen LogP contribution < -0.4 is 10.2 Å². The van der Waals surface area contributed by atoms with E-state index in [4.69, 9.17) is 0 Å². The molecule has 4 nitrogen and oxygen atoms in total. The van der Waals surface area contributed by atoms with E-state index in [0.29, 0.717) is 6.04 Å². The Balaban J connectivity index is 2.03. The van der Waals surface area contributed by atoms with E-state index in [1.165, 1.54) is 0 Å². The summed E-state index contributed by atoms with van der Waals surface area (Å²) in [7, 11) is 1.97. The van der Waals surface area contributed by atoms with E-state index in [1.807, 2.05) is 20.2 Å². The topological polar surface area (TPSA) is 48.4 Å². The van der Waals surface area contributed by atoms with E-state index >= 15 is 0 Å². The monoisotopic (exact) mass is 263 g/mol. The quantitative estimate of drug-likeness (QED) is 0.873. The highest BCUT2D eigenvalue weighted by Gasteiger charge is 2.27. The molecule has 0 bridgehead atoms. The molecule has 1 aromatic rings. The van der Waals surface area contributed by atoms with Gasteiger partial charge in [0.05, 0.1) is 23.2 Å². The van der Waals surface area contributed by atoms with Crippen molar-refractivity contribution in [2.24, 2.45) is 0 Å². The molecule has 2 rings (SSSR count). The molecule has 0 saturated carbocycles. The standard InChI is InChI=1S/C15H25N3O/c1-4-13(16-3)14-6-5-12(11-17-14)18-9-7-15(2,19)8-10-18/h5-6,11,13,16,19H,4,7-10H2,1-3H3. The zero-order valence-electron chi connectivity index (χ0n) is 12.2. The Morgan fingerprint density at radius 1 is 1.42 bits per heavy atom. The van der Waals surface area contributed by atoms with Gasteiger partial charge < -0.3 is 15.3 Å². The van der Waals surface area contributed by atoms with Gasteiger partial charge in [-0.1, -0.05) is 6.92 Å². The molecule has 1 aliphatic rings. The molecule has 1 fully saturated rings. The van der Waals surface area contributed by atoms with E-state index in [2.05, 4.69) is 34.3 Å². The molecule has 0 aliphatic carbocycles. The summed E-state index contributed by atoms with van der Waals surface area (Å²) in [5.41, 5.74) is 1.76. The zero-order chi connectivity index (χ0) is 13.9. The number of pyridine rings is 1. The van der Waals surface area contributed by atoms with E-state index in [-0.39, 0.29) is 0 Å². The minimum Gasteiger partial charge on any atom is -0.390 e. The van der Waals surface area contributed by atoms with Gasteiger partial charge in [0, 0.05) is 19.1 Å². The van der Waals surface area contributed by atoms with Gasteiger partial charge in [-0.3, -0.25) is 4.98 Å². The van der Waals surface area contributed by atoms with Crippen LogP contribution in [0, 0.1) is 0 Å². The van der Waals surface area contributed by atoms with Crippen molar-refractivity contribution >= 4 is 5.69 Å². The Morgan fingerprint density at radius 3 is 2.58 bits per heavy atom. The molecule has 1 unspecified atom stereocenters. The molecule has 0 aromatic carbocycles. The van der Waals surface area contributed by atoms with Crippen LogP contribution in [0.2, 0.25) is 0 Å². The lowest BCUT2D eigenvalue weighted by Crippen LogP contribution is -2.42. The van der Waals surface area contributed by atoms with Crippen LogP contribution >= 0.6 is 0 Å². The fraction of sp³-hybridized carbons (Fsp3) is 0.667. The largest absolute Gasteiger partial charge is 0.390 e. The van der Waals surface area contributed by atoms with Gasteiger partial charge in [-0.05, 0) is 45.4 Å². The van der Waals surface area contributed by atoms with Gasteiger partial charge >= 0.3 is 0 Å². The number of hydrogen-bond donors (Lipinski definition) is 2. The summed E-state index contributed by atoms with van der Waals surface area (Å²) in [5, 5.41) is 13.2. The third-order valence-electron chi connectivity index (χ3n) is 4.09. The summed E-state index contributed by atoms with van der Waals surface area (Å²) in [6.07, 6.45) is 4.64. The van der Waals surface area contributed by atoms with Crippen molar-refractivity contribution in [3.63, 3.8) is 0 Å². The van der Waals surface area contributed by atoms with Gasteiger partial charge in [0.2, 0.25) is 0 Å². The summed E-state index contributed by atoms with van der Waals surface area (Å²) in [4.78, 5) is 6.87. The number of aliphatic hydroxyl groups is 1. The van der Waals surface area contributed by atoms with Crippen molar-refractivity contribution in [3.05, 3.63) is 24.0 Å². The van der Waals surface area contributed by atoms with Crippen molar-refractivity contribution < 1.29 is 5.11 Å². The maximum absolute atomic E-state index is 9.97. The molecule has 0 amide bonds. The fourth-order valence-corrected chi connectivity index (χ4v) is 2.60. The van der Waals surface area contributed by atoms with E-state index in [0.717, 1.165) is 43.7 Å². The average Bonchev–Trinajstić information content (AvgIpc) is 2.41. The summed E-state index contributed by atoms with van der Waals surface area (Å²) < 4.78 is 0. The van der Waals surface area contributed by atoms with E-state index in [1.54, 1.807) is 0 Å². The first-order valence-electron chi connectivity index (χ1n) is 7.16. The number of nitrogens with one attached hydrogen (secondary N) is 1. The number of rotatable bonds is 4. The van der Waals surface area contributed by atoms with Crippen LogP contribution in [0.3, 0.4) is 0 Å². The summed E-state index contributed by atoms with van der Waals surface area (Å²) in [5.74, 6) is 0. The second-order valence-corrected chi connectivity index (χ2v) is 5.67. The highest BCUT2D eigenvalue weighted by Crippen LogP contribution is 2.26. The van der Waals surface area contributed by atoms with E-state index < -0.39 is 5.60 Å². The molecule has 2 N–H and O–H groups in total. The van der Waals surface area contributed by atoms with Gasteiger partial charge in [-0.2, -0.15) is 0 Å². The van der Waals surface area contributed by atoms with Gasteiger partial charge in [-0.15, -0.1) is 0 Å². The first kappa shape index (κ1) is 14.3. The normalized spacial score (nSPS) is 20.3. The zero-order valence-corrected chi connectivity index (χ0v) is 12.2. The van der Waals surface area contributed by atoms with Crippen LogP contribution in [-0.2, 0) is 0 Å². The fourth-order valence-electron chi connectivity index (χ4n) is 2.60. The molecular formula is C15H25N3O. The second-order valence-electron chi connectivity index (χ2n) is 5.67. The van der Waals surface area contributed by atoms with Crippen LogP contribution in [0.4, 0.5) is 5.69 Å². The molecule has 106 valence electrons. The number of anilines is 1. The third-order valence-corrected chi connectivity index (χ3v) is 4.09. The molecule has 1 aliphatic heterocycles. The van der Waals surface area contributed by atoms with Crippen molar-refractivity contribution in [2.45, 2.75) is 44.8 Å². The average molecular weight is 263 g/mol. The number of aromatic nitrogens is 1. The van der Waals surface area contributed by atoms with Gasteiger partial charge in [0.25, 0.3) is 0 Å². The maximum Gasteiger partial charge on any atom is 0.0653 e. The molecular weight excluding hydrogens is 238 g/mol. The lowest BCUT2D eigenvalue weighted by molar-refractivity contribution is 0.0351. The molecule has 0 radical (unpaired) electrons. The number of nitrogens with zero attached hydrogens (tertiary/aromatic N) is 2. The summed E-state index contributed by atoms with van der Waals surface area (Å²) in [6, 6.07) is 4.57. The van der Waals surface area contributed by atoms with Crippen LogP contribution in [-0.4, -0.2) is 35.8 Å². The van der Waals surface area contributed by atoms with Crippen molar-refractivity contribution in [1.29, 1.82) is 0 Å². The van der Waals surface area contributed by atoms with Crippen molar-refractivity contribution in [3.8, 4) is 0 Å². The minimum atomic E-state index is -0.497. The van der Waals surface area contributed by atoms with Gasteiger partial charge in [0.1, 0.15) is 0 Å². The maximum atomic E-state index is 9.97. The van der Waals surface area contributed by atoms with Crippen LogP contribution in [0.25, 0.3) is 0 Å². The predicted octanol–water partition coefficient (Wildman–Crippen LogP) is 2.10. The molecule has 19 heavy (non-hydrogen) atoms. The minimum absolute atomic E-state index is 0.330. The second kappa shape index (κ2) is 5.88. The first-order valence-corrected chi connectivity index (χ1v) is 7.16. The molecule has 1 saturated heterocycles. The Labute approximate surface area is 115 Å². The Kier molecular flexibility index (Phi) is 4.42. The first-order chi connectivity index (χ1) is 9.05. The lowest BCUT2D eigenvalue weighted by Gasteiger charge is -2.37. The smallest absolute Gasteiger partial charge is 0.0653 e. The molecule has 1 aromatic heterocycles. The molecule has 1 atom stereocenters. The SMILES string of the molecule is CCC(NC)c1ccc(N2CCC(C)(O)CC2)cn1. The molecule has 0 spiro atoms. The Morgan fingerprint density at radius 2 is 2.11 bits per heavy atom. The van der Waals surface area contributed by atoms with Crippen LogP contribution in [0.1, 0.15) is 44.8 Å². The number of hydrogen-bond acceptors (Lipinski definition) is 4. The molecule has 2 heterocycles. The number of piperidine rings is 1. The van der Waals surface area contributed by atoms with Crippen LogP contribution in [0.15, 0.2) is 18.3 Å². The summed E-state index contributed by atoms with van der Waals surface area (Å²) >= 11 is 0. The highest BCUT2D eigenvalue weighted by molar-refractivity contribution is 5.45. The predicted molar refractivity (Wildman–Crippen MR) is 78.4 cm³/mol.